The van der Waals surface area contributed by atoms with Crippen molar-refractivity contribution in [1.29, 1.82) is 0 Å². The molecule has 1 N–H and O–H groups in total. The number of benzene rings is 2. The maximum absolute atomic E-state index is 13.0. The second-order valence-electron chi connectivity index (χ2n) is 6.91. The predicted molar refractivity (Wildman–Crippen MR) is 102 cm³/mol. The molecule has 1 aromatic heterocycles. The number of carbonyl (C=O) groups is 2. The van der Waals surface area contributed by atoms with E-state index in [0.717, 1.165) is 16.7 Å². The summed E-state index contributed by atoms with van der Waals surface area (Å²) < 4.78 is 5.72. The highest BCUT2D eigenvalue weighted by atomic mass is 16.4. The van der Waals surface area contributed by atoms with E-state index in [9.17, 15) is 14.7 Å². The van der Waals surface area contributed by atoms with Gasteiger partial charge in [0.05, 0.1) is 12.1 Å². The minimum atomic E-state index is -0.996. The van der Waals surface area contributed by atoms with Crippen molar-refractivity contribution >= 4 is 11.9 Å². The van der Waals surface area contributed by atoms with Gasteiger partial charge in [0.15, 0.2) is 0 Å². The molecule has 0 bridgehead atoms. The van der Waals surface area contributed by atoms with Crippen LogP contribution in [0.15, 0.2) is 59.0 Å². The van der Waals surface area contributed by atoms with Crippen LogP contribution < -0.4 is 0 Å². The average molecular weight is 376 g/mol. The lowest BCUT2D eigenvalue weighted by molar-refractivity contribution is -0.151. The Labute approximate surface area is 162 Å². The van der Waals surface area contributed by atoms with E-state index in [1.807, 2.05) is 54.6 Å². The fraction of sp³-hybridized carbons (Fsp3) is 0.227. The predicted octanol–water partition coefficient (Wildman–Crippen LogP) is 3.23. The lowest BCUT2D eigenvalue weighted by atomic mass is 9.93. The van der Waals surface area contributed by atoms with Crippen molar-refractivity contribution in [2.45, 2.75) is 32.4 Å². The number of hydrogen-bond acceptors (Lipinski definition) is 4. The number of rotatable bonds is 4. The maximum atomic E-state index is 13.0. The number of amides is 1. The Morgan fingerprint density at radius 1 is 1.11 bits per heavy atom. The van der Waals surface area contributed by atoms with E-state index >= 15 is 0 Å². The van der Waals surface area contributed by atoms with Gasteiger partial charge in [-0.25, -0.2) is 9.78 Å². The third kappa shape index (κ3) is 3.41. The molecule has 28 heavy (non-hydrogen) atoms. The molecule has 0 radical (unpaired) electrons. The molecule has 3 aromatic rings. The molecule has 2 heterocycles. The van der Waals surface area contributed by atoms with Gasteiger partial charge in [-0.15, -0.1) is 0 Å². The molecule has 6 heteroatoms. The first-order chi connectivity index (χ1) is 13.5. The molecule has 1 aliphatic heterocycles. The number of hydrogen-bond donors (Lipinski definition) is 1. The highest BCUT2D eigenvalue weighted by Crippen LogP contribution is 2.26. The summed E-state index contributed by atoms with van der Waals surface area (Å²) in [6, 6.07) is 16.2. The number of aliphatic carboxylic acids is 1. The molecule has 142 valence electrons. The van der Waals surface area contributed by atoms with Gasteiger partial charge < -0.3 is 14.4 Å². The minimum absolute atomic E-state index is 0.00805. The van der Waals surface area contributed by atoms with Gasteiger partial charge in [0.1, 0.15) is 11.8 Å². The number of aryl methyl sites for hydroxylation is 1. The van der Waals surface area contributed by atoms with Gasteiger partial charge in [-0.1, -0.05) is 42.5 Å². The minimum Gasteiger partial charge on any atom is -0.480 e. The number of oxazole rings is 1. The van der Waals surface area contributed by atoms with Gasteiger partial charge in [-0.2, -0.15) is 0 Å². The van der Waals surface area contributed by atoms with E-state index in [4.69, 9.17) is 4.42 Å². The molecular weight excluding hydrogens is 356 g/mol. The van der Waals surface area contributed by atoms with Gasteiger partial charge in [0, 0.05) is 18.5 Å². The third-order valence-electron chi connectivity index (χ3n) is 5.09. The summed E-state index contributed by atoms with van der Waals surface area (Å²) in [5.74, 6) is -0.237. The van der Waals surface area contributed by atoms with Crippen LogP contribution in [-0.4, -0.2) is 32.9 Å². The summed E-state index contributed by atoms with van der Waals surface area (Å²) in [6.07, 6.45) is 0.318. The summed E-state index contributed by atoms with van der Waals surface area (Å²) in [5.41, 5.74) is 3.32. The molecule has 0 unspecified atom stereocenters. The van der Waals surface area contributed by atoms with Crippen LogP contribution in [-0.2, 0) is 29.0 Å². The molecule has 4 rings (SSSR count). The Kier molecular flexibility index (Phi) is 4.69. The Morgan fingerprint density at radius 3 is 2.50 bits per heavy atom. The Morgan fingerprint density at radius 2 is 1.79 bits per heavy atom. The highest BCUT2D eigenvalue weighted by Gasteiger charge is 2.34. The van der Waals surface area contributed by atoms with Gasteiger partial charge in [-0.3, -0.25) is 4.79 Å². The number of nitrogens with zero attached hydrogens (tertiary/aromatic N) is 2. The van der Waals surface area contributed by atoms with Crippen molar-refractivity contribution in [2.24, 2.45) is 0 Å². The van der Waals surface area contributed by atoms with E-state index in [1.54, 1.807) is 6.92 Å². The number of carboxylic acid groups (broad SMARTS) is 1. The number of carbonyl (C=O) groups excluding carboxylic acids is 1. The van der Waals surface area contributed by atoms with Gasteiger partial charge in [0.25, 0.3) is 0 Å². The van der Waals surface area contributed by atoms with Crippen molar-refractivity contribution in [3.63, 3.8) is 0 Å². The molecule has 1 aliphatic rings. The van der Waals surface area contributed by atoms with E-state index < -0.39 is 12.0 Å². The monoisotopic (exact) mass is 376 g/mol. The van der Waals surface area contributed by atoms with Crippen molar-refractivity contribution in [3.05, 3.63) is 77.2 Å². The summed E-state index contributed by atoms with van der Waals surface area (Å²) in [6.45, 7) is 2.05. The van der Waals surface area contributed by atoms with E-state index in [1.165, 1.54) is 4.90 Å². The third-order valence-corrected chi connectivity index (χ3v) is 5.09. The van der Waals surface area contributed by atoms with Crippen LogP contribution in [0.2, 0.25) is 0 Å². The van der Waals surface area contributed by atoms with Crippen LogP contribution >= 0.6 is 0 Å². The Hall–Kier alpha value is -3.41. The summed E-state index contributed by atoms with van der Waals surface area (Å²) in [4.78, 5) is 30.6. The van der Waals surface area contributed by atoms with E-state index in [0.29, 0.717) is 23.8 Å². The second-order valence-corrected chi connectivity index (χ2v) is 6.91. The normalized spacial score (nSPS) is 15.9. The first kappa shape index (κ1) is 18.0. The first-order valence-corrected chi connectivity index (χ1v) is 9.13. The van der Waals surface area contributed by atoms with E-state index in [-0.39, 0.29) is 18.9 Å². The number of carboxylic acids is 1. The molecule has 1 amide bonds. The molecular formula is C22H20N2O4. The molecule has 1 atom stereocenters. The van der Waals surface area contributed by atoms with Gasteiger partial charge in [-0.05, 0) is 30.2 Å². The van der Waals surface area contributed by atoms with Crippen LogP contribution in [0.5, 0.6) is 0 Å². The molecule has 2 aromatic carbocycles. The molecule has 0 fully saturated rings. The van der Waals surface area contributed by atoms with Gasteiger partial charge >= 0.3 is 5.97 Å². The highest BCUT2D eigenvalue weighted by molar-refractivity contribution is 5.85. The van der Waals surface area contributed by atoms with Crippen LogP contribution in [0.1, 0.15) is 22.6 Å². The van der Waals surface area contributed by atoms with Crippen LogP contribution in [0.3, 0.4) is 0 Å². The second kappa shape index (κ2) is 7.31. The summed E-state index contributed by atoms with van der Waals surface area (Å²) >= 11 is 0. The zero-order valence-corrected chi connectivity index (χ0v) is 15.5. The van der Waals surface area contributed by atoms with E-state index in [2.05, 4.69) is 4.98 Å². The van der Waals surface area contributed by atoms with Crippen molar-refractivity contribution in [3.8, 4) is 11.5 Å². The topological polar surface area (TPSA) is 83.6 Å². The maximum Gasteiger partial charge on any atom is 0.326 e. The fourth-order valence-corrected chi connectivity index (χ4v) is 3.55. The number of fused-ring (bicyclic) bond motifs is 1. The molecule has 6 nitrogen and oxygen atoms in total. The standard InChI is InChI=1S/C22H20N2O4/c1-14-18(23-21(28-14)15-7-3-2-4-8-15)12-20(25)24-13-17-10-6-5-9-16(17)11-19(24)22(26)27/h2-10,19H,11-13H2,1H3,(H,26,27)/t19-/m0/s1. The molecule has 0 saturated carbocycles. The van der Waals surface area contributed by atoms with Crippen molar-refractivity contribution in [2.75, 3.05) is 0 Å². The quantitative estimate of drug-likeness (QED) is 0.756. The zero-order chi connectivity index (χ0) is 19.7. The van der Waals surface area contributed by atoms with Crippen LogP contribution in [0.4, 0.5) is 0 Å². The zero-order valence-electron chi connectivity index (χ0n) is 15.5. The molecule has 0 aliphatic carbocycles. The van der Waals surface area contributed by atoms with Crippen LogP contribution in [0, 0.1) is 6.92 Å². The van der Waals surface area contributed by atoms with Crippen molar-refractivity contribution in [1.82, 2.24) is 9.88 Å². The van der Waals surface area contributed by atoms with Gasteiger partial charge in [0.2, 0.25) is 11.8 Å². The number of aromatic nitrogens is 1. The lowest BCUT2D eigenvalue weighted by Gasteiger charge is -2.34. The summed E-state index contributed by atoms with van der Waals surface area (Å²) in [5, 5.41) is 9.63. The molecule has 0 spiro atoms. The Balaban J connectivity index is 1.58. The summed E-state index contributed by atoms with van der Waals surface area (Å²) in [7, 11) is 0. The molecule has 0 saturated heterocycles. The lowest BCUT2D eigenvalue weighted by Crippen LogP contribution is -2.49. The fourth-order valence-electron chi connectivity index (χ4n) is 3.55. The average Bonchev–Trinajstić information content (AvgIpc) is 3.08. The Bertz CT molecular complexity index is 1030. The SMILES string of the molecule is Cc1oc(-c2ccccc2)nc1CC(=O)N1Cc2ccccc2C[C@H]1C(=O)O. The first-order valence-electron chi connectivity index (χ1n) is 9.13. The largest absolute Gasteiger partial charge is 0.480 e. The van der Waals surface area contributed by atoms with Crippen LogP contribution in [0.25, 0.3) is 11.5 Å². The smallest absolute Gasteiger partial charge is 0.326 e. The van der Waals surface area contributed by atoms with Crippen molar-refractivity contribution < 1.29 is 19.1 Å².